The van der Waals surface area contributed by atoms with Crippen molar-refractivity contribution in [2.24, 2.45) is 0 Å². The van der Waals surface area contributed by atoms with E-state index >= 15 is 0 Å². The van der Waals surface area contributed by atoms with Crippen molar-refractivity contribution in [2.45, 2.75) is 38.3 Å². The molecular weight excluding hydrogens is 198 g/mol. The Labute approximate surface area is 97.9 Å². The molecule has 1 aromatic rings. The van der Waals surface area contributed by atoms with Gasteiger partial charge in [-0.15, -0.1) is 0 Å². The molecule has 2 atom stereocenters. The third-order valence-electron chi connectivity index (χ3n) is 3.53. The average molecular weight is 219 g/mol. The van der Waals surface area contributed by atoms with E-state index in [0.29, 0.717) is 6.04 Å². The van der Waals surface area contributed by atoms with Crippen LogP contribution in [0, 0.1) is 0 Å². The summed E-state index contributed by atoms with van der Waals surface area (Å²) in [6.07, 6.45) is 3.52. The maximum atomic E-state index is 10.1. The second-order valence-corrected chi connectivity index (χ2v) is 4.77. The van der Waals surface area contributed by atoms with Crippen LogP contribution in [0.15, 0.2) is 30.3 Å². The molecule has 1 fully saturated rings. The number of aliphatic hydroxyl groups excluding tert-OH is 1. The van der Waals surface area contributed by atoms with Gasteiger partial charge in [-0.2, -0.15) is 0 Å². The SMILES string of the molecule is C[C@H]1CCCCN1C[C@H](O)c1ccccc1. The number of rotatable bonds is 3. The molecule has 1 aliphatic heterocycles. The van der Waals surface area contributed by atoms with Crippen molar-refractivity contribution < 1.29 is 5.11 Å². The fourth-order valence-corrected chi connectivity index (χ4v) is 2.43. The molecule has 2 nitrogen and oxygen atoms in total. The highest BCUT2D eigenvalue weighted by Crippen LogP contribution is 2.20. The van der Waals surface area contributed by atoms with E-state index in [0.717, 1.165) is 18.7 Å². The van der Waals surface area contributed by atoms with E-state index in [1.165, 1.54) is 19.3 Å². The van der Waals surface area contributed by atoms with E-state index in [9.17, 15) is 5.11 Å². The normalized spacial score (nSPS) is 24.2. The van der Waals surface area contributed by atoms with Gasteiger partial charge < -0.3 is 5.11 Å². The van der Waals surface area contributed by atoms with Crippen molar-refractivity contribution in [1.29, 1.82) is 0 Å². The number of aliphatic hydroxyl groups is 1. The van der Waals surface area contributed by atoms with E-state index in [4.69, 9.17) is 0 Å². The Morgan fingerprint density at radius 3 is 2.75 bits per heavy atom. The standard InChI is InChI=1S/C14H21NO/c1-12-7-5-6-10-15(12)11-14(16)13-8-3-2-4-9-13/h2-4,8-9,12,14,16H,5-7,10-11H2,1H3/t12-,14-/m0/s1. The lowest BCUT2D eigenvalue weighted by Gasteiger charge is -2.34. The first-order chi connectivity index (χ1) is 7.77. The molecule has 0 aliphatic carbocycles. The van der Waals surface area contributed by atoms with Crippen LogP contribution in [0.3, 0.4) is 0 Å². The van der Waals surface area contributed by atoms with Gasteiger partial charge in [-0.1, -0.05) is 36.8 Å². The van der Waals surface area contributed by atoms with Gasteiger partial charge in [0, 0.05) is 12.6 Å². The maximum absolute atomic E-state index is 10.1. The van der Waals surface area contributed by atoms with Gasteiger partial charge in [-0.3, -0.25) is 4.90 Å². The molecule has 1 N–H and O–H groups in total. The third kappa shape index (κ3) is 2.83. The summed E-state index contributed by atoms with van der Waals surface area (Å²) in [6, 6.07) is 10.6. The lowest BCUT2D eigenvalue weighted by molar-refractivity contribution is 0.0732. The van der Waals surface area contributed by atoms with E-state index in [2.05, 4.69) is 11.8 Å². The Bertz CT molecular complexity index is 312. The number of β-amino-alcohol motifs (C(OH)–C–C–N with tert-alkyl or cyclic N) is 1. The Morgan fingerprint density at radius 2 is 2.06 bits per heavy atom. The highest BCUT2D eigenvalue weighted by atomic mass is 16.3. The first-order valence-electron chi connectivity index (χ1n) is 6.24. The molecule has 0 aromatic heterocycles. The van der Waals surface area contributed by atoms with Crippen LogP contribution < -0.4 is 0 Å². The fourth-order valence-electron chi connectivity index (χ4n) is 2.43. The van der Waals surface area contributed by atoms with Gasteiger partial charge in [0.1, 0.15) is 0 Å². The van der Waals surface area contributed by atoms with Gasteiger partial charge in [-0.05, 0) is 31.9 Å². The molecule has 0 radical (unpaired) electrons. The summed E-state index contributed by atoms with van der Waals surface area (Å²) in [6.45, 7) is 4.16. The zero-order valence-electron chi connectivity index (χ0n) is 9.97. The molecule has 0 unspecified atom stereocenters. The monoisotopic (exact) mass is 219 g/mol. The molecule has 1 aliphatic rings. The van der Waals surface area contributed by atoms with Crippen molar-refractivity contribution in [3.8, 4) is 0 Å². The zero-order chi connectivity index (χ0) is 11.4. The second kappa shape index (κ2) is 5.46. The van der Waals surface area contributed by atoms with Crippen molar-refractivity contribution in [2.75, 3.05) is 13.1 Å². The molecule has 0 saturated carbocycles. The number of hydrogen-bond acceptors (Lipinski definition) is 2. The minimum Gasteiger partial charge on any atom is -0.387 e. The first-order valence-corrected chi connectivity index (χ1v) is 6.24. The van der Waals surface area contributed by atoms with Crippen LogP contribution in [0.5, 0.6) is 0 Å². The summed E-state index contributed by atoms with van der Waals surface area (Å²) in [5.74, 6) is 0. The van der Waals surface area contributed by atoms with Crippen molar-refractivity contribution in [3.63, 3.8) is 0 Å². The quantitative estimate of drug-likeness (QED) is 0.844. The predicted molar refractivity (Wildman–Crippen MR) is 66.3 cm³/mol. The van der Waals surface area contributed by atoms with E-state index in [1.807, 2.05) is 30.3 Å². The van der Waals surface area contributed by atoms with Gasteiger partial charge in [0.2, 0.25) is 0 Å². The zero-order valence-corrected chi connectivity index (χ0v) is 9.97. The van der Waals surface area contributed by atoms with Crippen LogP contribution in [-0.4, -0.2) is 29.1 Å². The Hall–Kier alpha value is -0.860. The Morgan fingerprint density at radius 1 is 1.31 bits per heavy atom. The van der Waals surface area contributed by atoms with Crippen LogP contribution in [0.4, 0.5) is 0 Å². The third-order valence-corrected chi connectivity index (χ3v) is 3.53. The average Bonchev–Trinajstić information content (AvgIpc) is 2.33. The number of nitrogens with zero attached hydrogens (tertiary/aromatic N) is 1. The molecule has 0 bridgehead atoms. The summed E-state index contributed by atoms with van der Waals surface area (Å²) in [7, 11) is 0. The van der Waals surface area contributed by atoms with E-state index in [1.54, 1.807) is 0 Å². The topological polar surface area (TPSA) is 23.5 Å². The first kappa shape index (κ1) is 11.6. The largest absolute Gasteiger partial charge is 0.387 e. The number of piperidine rings is 1. The lowest BCUT2D eigenvalue weighted by atomic mass is 10.0. The molecule has 1 heterocycles. The molecule has 0 spiro atoms. The highest BCUT2D eigenvalue weighted by molar-refractivity contribution is 5.17. The molecule has 88 valence electrons. The van der Waals surface area contributed by atoms with Crippen LogP contribution >= 0.6 is 0 Å². The predicted octanol–water partition coefficient (Wildman–Crippen LogP) is 2.59. The van der Waals surface area contributed by atoms with Crippen molar-refractivity contribution >= 4 is 0 Å². The van der Waals surface area contributed by atoms with Crippen LogP contribution in [0.2, 0.25) is 0 Å². The number of hydrogen-bond donors (Lipinski definition) is 1. The molecule has 1 saturated heterocycles. The maximum Gasteiger partial charge on any atom is 0.0917 e. The molecule has 0 amide bonds. The van der Waals surface area contributed by atoms with Crippen molar-refractivity contribution in [3.05, 3.63) is 35.9 Å². The van der Waals surface area contributed by atoms with Crippen LogP contribution in [0.25, 0.3) is 0 Å². The number of benzene rings is 1. The summed E-state index contributed by atoms with van der Waals surface area (Å²) >= 11 is 0. The van der Waals surface area contributed by atoms with Gasteiger partial charge in [0.25, 0.3) is 0 Å². The fraction of sp³-hybridized carbons (Fsp3) is 0.571. The van der Waals surface area contributed by atoms with E-state index in [-0.39, 0.29) is 6.10 Å². The summed E-state index contributed by atoms with van der Waals surface area (Å²) < 4.78 is 0. The minimum absolute atomic E-state index is 0.346. The molecule has 1 aromatic carbocycles. The summed E-state index contributed by atoms with van der Waals surface area (Å²) in [5, 5.41) is 10.1. The second-order valence-electron chi connectivity index (χ2n) is 4.77. The lowest BCUT2D eigenvalue weighted by Crippen LogP contribution is -2.40. The van der Waals surface area contributed by atoms with Gasteiger partial charge in [-0.25, -0.2) is 0 Å². The smallest absolute Gasteiger partial charge is 0.0917 e. The molecule has 2 rings (SSSR count). The van der Waals surface area contributed by atoms with E-state index < -0.39 is 0 Å². The molecular formula is C14H21NO. The number of likely N-dealkylation sites (tertiary alicyclic amines) is 1. The van der Waals surface area contributed by atoms with Crippen LogP contribution in [0.1, 0.15) is 37.9 Å². The molecule has 16 heavy (non-hydrogen) atoms. The van der Waals surface area contributed by atoms with Crippen LogP contribution in [-0.2, 0) is 0 Å². The Kier molecular flexibility index (Phi) is 3.97. The summed E-state index contributed by atoms with van der Waals surface area (Å²) in [4.78, 5) is 2.40. The summed E-state index contributed by atoms with van der Waals surface area (Å²) in [5.41, 5.74) is 1.03. The van der Waals surface area contributed by atoms with Crippen molar-refractivity contribution in [1.82, 2.24) is 4.90 Å². The molecule has 2 heteroatoms. The van der Waals surface area contributed by atoms with Gasteiger partial charge >= 0.3 is 0 Å². The van der Waals surface area contributed by atoms with Gasteiger partial charge in [0.05, 0.1) is 6.10 Å². The minimum atomic E-state index is -0.346. The van der Waals surface area contributed by atoms with Gasteiger partial charge in [0.15, 0.2) is 0 Å². The Balaban J connectivity index is 1.94. The highest BCUT2D eigenvalue weighted by Gasteiger charge is 2.21.